The third kappa shape index (κ3) is 9.24. The van der Waals surface area contributed by atoms with Gasteiger partial charge in [0.05, 0.1) is 20.2 Å². The normalized spacial score (nSPS) is 10.8. The summed E-state index contributed by atoms with van der Waals surface area (Å²) in [7, 11) is 1.61. The van der Waals surface area contributed by atoms with Crippen LogP contribution in [-0.2, 0) is 16.0 Å². The summed E-state index contributed by atoms with van der Waals surface area (Å²) in [5, 5.41) is 7.17. The monoisotopic (exact) mass is 553 g/mol. The van der Waals surface area contributed by atoms with E-state index in [0.29, 0.717) is 44.4 Å². The zero-order valence-electron chi connectivity index (χ0n) is 18.8. The number of halogens is 4. The molecule has 0 bridgehead atoms. The molecule has 35 heavy (non-hydrogen) atoms. The number of nitrogens with one attached hydrogen (secondary N) is 2. The SMILES string of the molecule is COc1ccc(CCN(CC(=O)Nc2cc(Cl)cc(Cl)c2)CC(=O)Nc2cc(Cl)cc(Cl)c2)cc1. The minimum atomic E-state index is -0.309. The van der Waals surface area contributed by atoms with Gasteiger partial charge in [-0.15, -0.1) is 0 Å². The lowest BCUT2D eigenvalue weighted by Crippen LogP contribution is -2.40. The molecule has 3 aromatic carbocycles. The number of carbonyl (C=O) groups is 2. The largest absolute Gasteiger partial charge is 0.497 e. The highest BCUT2D eigenvalue weighted by Gasteiger charge is 2.16. The second-order valence-corrected chi connectivity index (χ2v) is 9.47. The molecule has 3 rings (SSSR count). The van der Waals surface area contributed by atoms with Gasteiger partial charge >= 0.3 is 0 Å². The Morgan fingerprint density at radius 2 is 1.17 bits per heavy atom. The van der Waals surface area contributed by atoms with Crippen molar-refractivity contribution in [2.75, 3.05) is 37.4 Å². The molecule has 184 valence electrons. The number of ether oxygens (including phenoxy) is 1. The molecule has 3 aromatic rings. The third-order valence-electron chi connectivity index (χ3n) is 4.90. The van der Waals surface area contributed by atoms with Crippen molar-refractivity contribution in [2.24, 2.45) is 0 Å². The van der Waals surface area contributed by atoms with E-state index < -0.39 is 0 Å². The lowest BCUT2D eigenvalue weighted by Gasteiger charge is -2.21. The first-order chi connectivity index (χ1) is 16.7. The fourth-order valence-electron chi connectivity index (χ4n) is 3.35. The molecule has 10 heteroatoms. The summed E-state index contributed by atoms with van der Waals surface area (Å²) in [4.78, 5) is 27.2. The molecule has 0 unspecified atom stereocenters. The van der Waals surface area contributed by atoms with Gasteiger partial charge in [-0.2, -0.15) is 0 Å². The summed E-state index contributed by atoms with van der Waals surface area (Å²) in [5.41, 5.74) is 1.99. The van der Waals surface area contributed by atoms with Crippen LogP contribution in [0.5, 0.6) is 5.75 Å². The Morgan fingerprint density at radius 1 is 0.743 bits per heavy atom. The lowest BCUT2D eigenvalue weighted by molar-refractivity contribution is -0.120. The highest BCUT2D eigenvalue weighted by molar-refractivity contribution is 6.35. The van der Waals surface area contributed by atoms with Gasteiger partial charge in [0.1, 0.15) is 5.75 Å². The number of carbonyl (C=O) groups excluding carboxylic acids is 2. The lowest BCUT2D eigenvalue weighted by atomic mass is 10.1. The molecule has 0 spiro atoms. The average molecular weight is 555 g/mol. The van der Waals surface area contributed by atoms with Crippen molar-refractivity contribution < 1.29 is 14.3 Å². The predicted octanol–water partition coefficient (Wildman–Crippen LogP) is 6.43. The van der Waals surface area contributed by atoms with E-state index in [4.69, 9.17) is 51.1 Å². The van der Waals surface area contributed by atoms with Crippen LogP contribution in [-0.4, -0.2) is 43.5 Å². The van der Waals surface area contributed by atoms with Crippen LogP contribution in [0.25, 0.3) is 0 Å². The van der Waals surface area contributed by atoms with Gasteiger partial charge in [0.2, 0.25) is 11.8 Å². The van der Waals surface area contributed by atoms with Gasteiger partial charge in [-0.3, -0.25) is 14.5 Å². The molecule has 0 aromatic heterocycles. The van der Waals surface area contributed by atoms with Crippen molar-refractivity contribution in [1.82, 2.24) is 4.90 Å². The number of amides is 2. The number of hydrogen-bond acceptors (Lipinski definition) is 4. The number of methoxy groups -OCH3 is 1. The Bertz CT molecular complexity index is 1080. The molecular weight excluding hydrogens is 532 g/mol. The van der Waals surface area contributed by atoms with Crippen LogP contribution >= 0.6 is 46.4 Å². The first-order valence-electron chi connectivity index (χ1n) is 10.6. The highest BCUT2D eigenvalue weighted by Crippen LogP contribution is 2.23. The molecule has 2 amide bonds. The van der Waals surface area contributed by atoms with E-state index in [9.17, 15) is 9.59 Å². The summed E-state index contributed by atoms with van der Waals surface area (Å²) in [6.45, 7) is 0.411. The Kier molecular flexibility index (Phi) is 10.1. The fraction of sp³-hybridized carbons (Fsp3) is 0.200. The Morgan fingerprint density at radius 3 is 1.57 bits per heavy atom. The minimum Gasteiger partial charge on any atom is -0.497 e. The maximum absolute atomic E-state index is 12.7. The van der Waals surface area contributed by atoms with Crippen LogP contribution in [0, 0.1) is 0 Å². The Balaban J connectivity index is 1.67. The second kappa shape index (κ2) is 13.0. The van der Waals surface area contributed by atoms with Gasteiger partial charge in [-0.05, 0) is 60.5 Å². The second-order valence-electron chi connectivity index (χ2n) is 7.72. The molecule has 0 atom stereocenters. The minimum absolute atomic E-state index is 0.0238. The van der Waals surface area contributed by atoms with Crippen LogP contribution in [0.3, 0.4) is 0 Å². The molecule has 0 saturated carbocycles. The molecule has 0 radical (unpaired) electrons. The summed E-state index contributed by atoms with van der Waals surface area (Å²) < 4.78 is 5.19. The number of rotatable bonds is 10. The van der Waals surface area contributed by atoms with Gasteiger partial charge in [-0.25, -0.2) is 0 Å². The average Bonchev–Trinajstić information content (AvgIpc) is 2.76. The quantitative estimate of drug-likeness (QED) is 0.303. The number of benzene rings is 3. The Labute approximate surface area is 224 Å². The zero-order chi connectivity index (χ0) is 25.4. The van der Waals surface area contributed by atoms with E-state index in [1.165, 1.54) is 0 Å². The summed E-state index contributed by atoms with van der Waals surface area (Å²) in [6, 6.07) is 17.2. The molecular formula is C25H23Cl4N3O3. The van der Waals surface area contributed by atoms with E-state index in [-0.39, 0.29) is 24.9 Å². The van der Waals surface area contributed by atoms with Gasteiger partial charge in [0.15, 0.2) is 0 Å². The van der Waals surface area contributed by atoms with Crippen LogP contribution in [0.4, 0.5) is 11.4 Å². The number of hydrogen-bond donors (Lipinski definition) is 2. The van der Waals surface area contributed by atoms with Gasteiger partial charge in [0.25, 0.3) is 0 Å². The van der Waals surface area contributed by atoms with Crippen molar-refractivity contribution in [1.29, 1.82) is 0 Å². The summed E-state index contributed by atoms with van der Waals surface area (Å²) in [6.07, 6.45) is 0.622. The molecule has 0 aliphatic rings. The molecule has 0 aliphatic carbocycles. The van der Waals surface area contributed by atoms with Crippen LogP contribution in [0.15, 0.2) is 60.7 Å². The summed E-state index contributed by atoms with van der Waals surface area (Å²) in [5.74, 6) is 0.137. The van der Waals surface area contributed by atoms with Crippen molar-refractivity contribution >= 4 is 69.6 Å². The van der Waals surface area contributed by atoms with Crippen molar-refractivity contribution in [3.63, 3.8) is 0 Å². The highest BCUT2D eigenvalue weighted by atomic mass is 35.5. The number of nitrogens with zero attached hydrogens (tertiary/aromatic N) is 1. The third-order valence-corrected chi connectivity index (χ3v) is 5.78. The van der Waals surface area contributed by atoms with Crippen molar-refractivity contribution in [3.8, 4) is 5.75 Å². The van der Waals surface area contributed by atoms with Gasteiger partial charge in [-0.1, -0.05) is 58.5 Å². The summed E-state index contributed by atoms with van der Waals surface area (Å²) >= 11 is 24.1. The number of anilines is 2. The first-order valence-corrected chi connectivity index (χ1v) is 12.1. The van der Waals surface area contributed by atoms with E-state index in [1.807, 2.05) is 24.3 Å². The maximum Gasteiger partial charge on any atom is 0.238 e. The van der Waals surface area contributed by atoms with E-state index in [1.54, 1.807) is 48.4 Å². The van der Waals surface area contributed by atoms with Crippen LogP contribution in [0.2, 0.25) is 20.1 Å². The van der Waals surface area contributed by atoms with Crippen molar-refractivity contribution in [2.45, 2.75) is 6.42 Å². The molecule has 2 N–H and O–H groups in total. The maximum atomic E-state index is 12.7. The van der Waals surface area contributed by atoms with Crippen LogP contribution < -0.4 is 15.4 Å². The molecule has 0 aliphatic heterocycles. The molecule has 0 heterocycles. The smallest absolute Gasteiger partial charge is 0.238 e. The zero-order valence-corrected chi connectivity index (χ0v) is 21.8. The van der Waals surface area contributed by atoms with Crippen LogP contribution in [0.1, 0.15) is 5.56 Å². The fourth-order valence-corrected chi connectivity index (χ4v) is 4.40. The predicted molar refractivity (Wildman–Crippen MR) is 143 cm³/mol. The van der Waals surface area contributed by atoms with E-state index in [2.05, 4.69) is 10.6 Å². The van der Waals surface area contributed by atoms with Gasteiger partial charge in [0, 0.05) is 38.0 Å². The Hall–Kier alpha value is -2.48. The van der Waals surface area contributed by atoms with E-state index >= 15 is 0 Å². The molecule has 0 saturated heterocycles. The molecule has 6 nitrogen and oxygen atoms in total. The molecule has 0 fully saturated rings. The van der Waals surface area contributed by atoms with Gasteiger partial charge < -0.3 is 15.4 Å². The topological polar surface area (TPSA) is 70.7 Å². The standard InChI is InChI=1S/C25H23Cl4N3O3/c1-35-23-4-2-16(3-5-23)6-7-32(14-24(33)30-21-10-17(26)8-18(27)11-21)15-25(34)31-22-12-19(28)9-20(29)13-22/h2-5,8-13H,6-7,14-15H2,1H3,(H,30,33)(H,31,34). The van der Waals surface area contributed by atoms with Crippen molar-refractivity contribution in [3.05, 3.63) is 86.3 Å². The first kappa shape index (κ1) is 27.1. The van der Waals surface area contributed by atoms with E-state index in [0.717, 1.165) is 11.3 Å².